The Morgan fingerprint density at radius 3 is 3.05 bits per heavy atom. The number of aromatic nitrogens is 2. The molecule has 0 spiro atoms. The quantitative estimate of drug-likeness (QED) is 0.870. The molecule has 1 aromatic rings. The van der Waals surface area contributed by atoms with Gasteiger partial charge in [-0.2, -0.15) is 11.8 Å². The van der Waals surface area contributed by atoms with Gasteiger partial charge in [-0.15, -0.1) is 11.8 Å². The summed E-state index contributed by atoms with van der Waals surface area (Å²) in [5, 5.41) is 4.20. The summed E-state index contributed by atoms with van der Waals surface area (Å²) in [5.74, 6) is 3.23. The normalized spacial score (nSPS) is 27.0. The van der Waals surface area contributed by atoms with Crippen LogP contribution in [0.2, 0.25) is 0 Å². The zero-order chi connectivity index (χ0) is 13.2. The average molecular weight is 297 g/mol. The summed E-state index contributed by atoms with van der Waals surface area (Å²) in [5.41, 5.74) is 1.91. The second-order valence-corrected chi connectivity index (χ2v) is 7.51. The number of nitrogens with one attached hydrogen (secondary N) is 2. The van der Waals surface area contributed by atoms with E-state index in [-0.39, 0.29) is 5.56 Å². The summed E-state index contributed by atoms with van der Waals surface area (Å²) in [6, 6.07) is 0. The SMILES string of the molecule is CCC1SCCSC1c1nc2c(c(=O)[nH]1)CCNC2. The van der Waals surface area contributed by atoms with E-state index in [1.807, 2.05) is 23.5 Å². The van der Waals surface area contributed by atoms with Gasteiger partial charge in [0.1, 0.15) is 5.82 Å². The maximum atomic E-state index is 12.2. The molecule has 2 atom stereocenters. The number of fused-ring (bicyclic) bond motifs is 1. The largest absolute Gasteiger partial charge is 0.311 e. The lowest BCUT2D eigenvalue weighted by atomic mass is 10.1. The molecular formula is C13H19N3OS2. The van der Waals surface area contributed by atoms with Gasteiger partial charge < -0.3 is 10.3 Å². The Hall–Kier alpha value is -0.460. The van der Waals surface area contributed by atoms with E-state index in [2.05, 4.69) is 17.2 Å². The van der Waals surface area contributed by atoms with Crippen LogP contribution >= 0.6 is 23.5 Å². The minimum atomic E-state index is 0.0764. The zero-order valence-electron chi connectivity index (χ0n) is 11.1. The van der Waals surface area contributed by atoms with Crippen LogP contribution in [0.15, 0.2) is 4.79 Å². The van der Waals surface area contributed by atoms with Gasteiger partial charge in [-0.3, -0.25) is 4.79 Å². The van der Waals surface area contributed by atoms with Crippen LogP contribution in [-0.2, 0) is 13.0 Å². The lowest BCUT2D eigenvalue weighted by Gasteiger charge is -2.29. The van der Waals surface area contributed by atoms with Crippen molar-refractivity contribution in [3.8, 4) is 0 Å². The van der Waals surface area contributed by atoms with Crippen molar-refractivity contribution in [3.63, 3.8) is 0 Å². The molecule has 2 N–H and O–H groups in total. The number of aromatic amines is 1. The van der Waals surface area contributed by atoms with Crippen LogP contribution < -0.4 is 10.9 Å². The highest BCUT2D eigenvalue weighted by molar-refractivity contribution is 8.06. The minimum Gasteiger partial charge on any atom is -0.311 e. The van der Waals surface area contributed by atoms with Crippen LogP contribution in [0.3, 0.4) is 0 Å². The van der Waals surface area contributed by atoms with Crippen LogP contribution in [0.4, 0.5) is 0 Å². The molecule has 0 radical (unpaired) electrons. The number of rotatable bonds is 2. The van der Waals surface area contributed by atoms with Gasteiger partial charge in [0.15, 0.2) is 0 Å². The van der Waals surface area contributed by atoms with Crippen molar-refractivity contribution in [2.75, 3.05) is 18.1 Å². The van der Waals surface area contributed by atoms with Gasteiger partial charge in [0.05, 0.1) is 10.9 Å². The van der Waals surface area contributed by atoms with E-state index in [0.29, 0.717) is 10.5 Å². The zero-order valence-corrected chi connectivity index (χ0v) is 12.7. The Kier molecular flexibility index (Phi) is 4.19. The third kappa shape index (κ3) is 2.71. The van der Waals surface area contributed by atoms with Crippen molar-refractivity contribution >= 4 is 23.5 Å². The molecule has 3 heterocycles. The number of hydrogen-bond acceptors (Lipinski definition) is 5. The van der Waals surface area contributed by atoms with Gasteiger partial charge in [-0.05, 0) is 19.4 Å². The maximum Gasteiger partial charge on any atom is 0.254 e. The van der Waals surface area contributed by atoms with Crippen molar-refractivity contribution in [3.05, 3.63) is 27.4 Å². The van der Waals surface area contributed by atoms with Crippen molar-refractivity contribution in [1.29, 1.82) is 0 Å². The summed E-state index contributed by atoms with van der Waals surface area (Å²) in [7, 11) is 0. The molecule has 2 aliphatic rings. The summed E-state index contributed by atoms with van der Waals surface area (Å²) >= 11 is 3.95. The molecule has 3 rings (SSSR count). The molecule has 1 aromatic heterocycles. The van der Waals surface area contributed by atoms with E-state index in [1.165, 1.54) is 5.75 Å². The molecule has 0 saturated carbocycles. The maximum absolute atomic E-state index is 12.2. The minimum absolute atomic E-state index is 0.0764. The van der Waals surface area contributed by atoms with Crippen molar-refractivity contribution < 1.29 is 0 Å². The molecule has 4 nitrogen and oxygen atoms in total. The first-order valence-corrected chi connectivity index (χ1v) is 8.95. The highest BCUT2D eigenvalue weighted by Crippen LogP contribution is 2.42. The van der Waals surface area contributed by atoms with E-state index in [1.54, 1.807) is 0 Å². The van der Waals surface area contributed by atoms with Crippen molar-refractivity contribution in [1.82, 2.24) is 15.3 Å². The molecule has 2 aliphatic heterocycles. The van der Waals surface area contributed by atoms with Gasteiger partial charge in [-0.1, -0.05) is 6.92 Å². The first kappa shape index (κ1) is 13.5. The van der Waals surface area contributed by atoms with E-state index in [0.717, 1.165) is 48.8 Å². The molecule has 19 heavy (non-hydrogen) atoms. The smallest absolute Gasteiger partial charge is 0.254 e. The fraction of sp³-hybridized carbons (Fsp3) is 0.692. The summed E-state index contributed by atoms with van der Waals surface area (Å²) in [4.78, 5) is 20.0. The van der Waals surface area contributed by atoms with E-state index in [4.69, 9.17) is 4.98 Å². The number of thioether (sulfide) groups is 2. The summed E-state index contributed by atoms with van der Waals surface area (Å²) in [6.07, 6.45) is 1.92. The first-order chi connectivity index (χ1) is 9.29. The van der Waals surface area contributed by atoms with Crippen LogP contribution in [0.1, 0.15) is 35.7 Å². The van der Waals surface area contributed by atoms with E-state index < -0.39 is 0 Å². The van der Waals surface area contributed by atoms with Crippen LogP contribution in [0.25, 0.3) is 0 Å². The Bertz CT molecular complexity index is 517. The third-order valence-electron chi connectivity index (χ3n) is 3.69. The molecule has 0 aromatic carbocycles. The second kappa shape index (κ2) is 5.89. The lowest BCUT2D eigenvalue weighted by Crippen LogP contribution is -2.33. The Morgan fingerprint density at radius 1 is 1.37 bits per heavy atom. The van der Waals surface area contributed by atoms with Crippen LogP contribution in [0.5, 0.6) is 0 Å². The Labute approximate surface area is 121 Å². The summed E-state index contributed by atoms with van der Waals surface area (Å²) < 4.78 is 0. The topological polar surface area (TPSA) is 57.8 Å². The Balaban J connectivity index is 1.96. The standard InChI is InChI=1S/C13H19N3OS2/c1-2-10-11(19-6-5-18-10)12-15-9-7-14-4-3-8(9)13(17)16-12/h10-11,14H,2-7H2,1H3,(H,15,16,17). The highest BCUT2D eigenvalue weighted by atomic mass is 32.2. The Morgan fingerprint density at radius 2 is 2.21 bits per heavy atom. The number of hydrogen-bond donors (Lipinski definition) is 2. The summed E-state index contributed by atoms with van der Waals surface area (Å²) in [6.45, 7) is 3.82. The average Bonchev–Trinajstić information content (AvgIpc) is 2.47. The van der Waals surface area contributed by atoms with Gasteiger partial charge in [0.25, 0.3) is 5.56 Å². The highest BCUT2D eigenvalue weighted by Gasteiger charge is 2.29. The lowest BCUT2D eigenvalue weighted by molar-refractivity contribution is 0.606. The molecule has 1 saturated heterocycles. The second-order valence-electron chi connectivity index (χ2n) is 4.91. The van der Waals surface area contributed by atoms with Crippen molar-refractivity contribution in [2.45, 2.75) is 36.8 Å². The predicted octanol–water partition coefficient (Wildman–Crippen LogP) is 1.72. The van der Waals surface area contributed by atoms with Gasteiger partial charge in [-0.25, -0.2) is 4.98 Å². The molecular weight excluding hydrogens is 278 g/mol. The number of H-pyrrole nitrogens is 1. The molecule has 0 amide bonds. The van der Waals surface area contributed by atoms with Crippen molar-refractivity contribution in [2.24, 2.45) is 0 Å². The molecule has 0 aliphatic carbocycles. The van der Waals surface area contributed by atoms with E-state index >= 15 is 0 Å². The molecule has 104 valence electrons. The van der Waals surface area contributed by atoms with Crippen LogP contribution in [-0.4, -0.2) is 33.3 Å². The predicted molar refractivity (Wildman–Crippen MR) is 82.0 cm³/mol. The fourth-order valence-electron chi connectivity index (χ4n) is 2.68. The van der Waals surface area contributed by atoms with Gasteiger partial charge in [0, 0.05) is 28.9 Å². The number of nitrogens with zero attached hydrogens (tertiary/aromatic N) is 1. The molecule has 0 bridgehead atoms. The monoisotopic (exact) mass is 297 g/mol. The first-order valence-electron chi connectivity index (χ1n) is 6.85. The fourth-order valence-corrected chi connectivity index (χ4v) is 5.69. The third-order valence-corrected chi connectivity index (χ3v) is 6.94. The van der Waals surface area contributed by atoms with Gasteiger partial charge in [0.2, 0.25) is 0 Å². The van der Waals surface area contributed by atoms with Crippen LogP contribution in [0, 0.1) is 0 Å². The van der Waals surface area contributed by atoms with Gasteiger partial charge >= 0.3 is 0 Å². The van der Waals surface area contributed by atoms with E-state index in [9.17, 15) is 4.79 Å². The molecule has 1 fully saturated rings. The molecule has 6 heteroatoms. The molecule has 2 unspecified atom stereocenters.